The minimum Gasteiger partial charge on any atom is -0.331 e. The molecule has 0 radical (unpaired) electrons. The van der Waals surface area contributed by atoms with E-state index in [0.29, 0.717) is 24.1 Å². The summed E-state index contributed by atoms with van der Waals surface area (Å²) in [6, 6.07) is 14.7. The second kappa shape index (κ2) is 7.34. The van der Waals surface area contributed by atoms with E-state index in [9.17, 15) is 4.79 Å². The summed E-state index contributed by atoms with van der Waals surface area (Å²) in [7, 11) is 0. The molecule has 0 N–H and O–H groups in total. The topological polar surface area (TPSA) is 46.1 Å². The molecule has 0 unspecified atom stereocenters. The number of carbonyl (C=O) groups is 1. The summed E-state index contributed by atoms with van der Waals surface area (Å²) in [6.07, 6.45) is 2.17. The first-order valence-electron chi connectivity index (χ1n) is 10.1. The van der Waals surface area contributed by atoms with Gasteiger partial charge in [-0.25, -0.2) is 9.97 Å². The van der Waals surface area contributed by atoms with Crippen LogP contribution in [0.1, 0.15) is 65.5 Å². The normalized spacial score (nSPS) is 13.9. The van der Waals surface area contributed by atoms with Gasteiger partial charge in [0.1, 0.15) is 0 Å². The predicted octanol–water partition coefficient (Wildman–Crippen LogP) is 5.17. The highest BCUT2D eigenvalue weighted by atomic mass is 16.2. The van der Waals surface area contributed by atoms with E-state index in [-0.39, 0.29) is 5.91 Å². The number of aryl methyl sites for hydroxylation is 2. The number of fused-ring (bicyclic) bond motifs is 1. The molecule has 0 saturated heterocycles. The summed E-state index contributed by atoms with van der Waals surface area (Å²) in [6.45, 7) is 8.95. The lowest BCUT2D eigenvalue weighted by molar-refractivity contribution is 0.0730. The average Bonchev–Trinajstić information content (AvgIpc) is 3.51. The lowest BCUT2D eigenvalue weighted by Crippen LogP contribution is -2.32. The van der Waals surface area contributed by atoms with Gasteiger partial charge in [0.15, 0.2) is 0 Å². The molecule has 4 rings (SSSR count). The second-order valence-electron chi connectivity index (χ2n) is 8.16. The van der Waals surface area contributed by atoms with E-state index in [2.05, 4.69) is 48.1 Å². The first kappa shape index (κ1) is 18.6. The van der Waals surface area contributed by atoms with Gasteiger partial charge in [-0.15, -0.1) is 0 Å². The van der Waals surface area contributed by atoms with E-state index in [4.69, 9.17) is 0 Å². The molecule has 4 heteroatoms. The number of hydrogen-bond acceptors (Lipinski definition) is 3. The molecule has 0 bridgehead atoms. The molecule has 1 aliphatic carbocycles. The Labute approximate surface area is 166 Å². The monoisotopic (exact) mass is 373 g/mol. The summed E-state index contributed by atoms with van der Waals surface area (Å²) < 4.78 is 0. The molecule has 0 spiro atoms. The van der Waals surface area contributed by atoms with Crippen molar-refractivity contribution in [2.24, 2.45) is 0 Å². The Kier molecular flexibility index (Phi) is 4.88. The third kappa shape index (κ3) is 3.77. The Morgan fingerprint density at radius 3 is 2.25 bits per heavy atom. The first-order chi connectivity index (χ1) is 13.4. The van der Waals surface area contributed by atoms with E-state index in [1.807, 2.05) is 36.9 Å². The van der Waals surface area contributed by atoms with E-state index >= 15 is 0 Å². The van der Waals surface area contributed by atoms with Gasteiger partial charge in [0, 0.05) is 18.2 Å². The number of amides is 1. The molecule has 144 valence electrons. The van der Waals surface area contributed by atoms with Crippen molar-refractivity contribution < 1.29 is 4.79 Å². The van der Waals surface area contributed by atoms with Crippen LogP contribution < -0.4 is 0 Å². The number of benzene rings is 2. The average molecular weight is 374 g/mol. The molecule has 1 fully saturated rings. The second-order valence-corrected chi connectivity index (χ2v) is 8.16. The van der Waals surface area contributed by atoms with Gasteiger partial charge in [0.25, 0.3) is 5.91 Å². The molecule has 1 amide bonds. The Balaban J connectivity index is 1.60. The van der Waals surface area contributed by atoms with Gasteiger partial charge in [-0.05, 0) is 61.9 Å². The van der Waals surface area contributed by atoms with Gasteiger partial charge in [0.2, 0.25) is 0 Å². The summed E-state index contributed by atoms with van der Waals surface area (Å²) in [5.41, 5.74) is 6.64. The summed E-state index contributed by atoms with van der Waals surface area (Å²) >= 11 is 0. The van der Waals surface area contributed by atoms with Gasteiger partial charge in [-0.3, -0.25) is 4.79 Å². The Morgan fingerprint density at radius 2 is 1.64 bits per heavy atom. The molecule has 0 aliphatic heterocycles. The standard InChI is InChI=1S/C24H27N3O/c1-15(2)19-7-5-18(6-8-19)14-27(21-10-11-21)24(28)20-9-12-22-23(13-20)26-17(4)16(3)25-22/h5-9,12-13,15,21H,10-11,14H2,1-4H3. The number of hydrogen-bond donors (Lipinski definition) is 0. The lowest BCUT2D eigenvalue weighted by atomic mass is 10.0. The van der Waals surface area contributed by atoms with Crippen LogP contribution in [-0.2, 0) is 6.54 Å². The van der Waals surface area contributed by atoms with Crippen LogP contribution in [0, 0.1) is 13.8 Å². The van der Waals surface area contributed by atoms with Crippen molar-refractivity contribution in [3.8, 4) is 0 Å². The van der Waals surface area contributed by atoms with E-state index in [1.165, 1.54) is 11.1 Å². The maximum atomic E-state index is 13.3. The van der Waals surface area contributed by atoms with Crippen LogP contribution in [0.15, 0.2) is 42.5 Å². The van der Waals surface area contributed by atoms with Crippen molar-refractivity contribution in [3.63, 3.8) is 0 Å². The highest BCUT2D eigenvalue weighted by molar-refractivity contribution is 5.97. The van der Waals surface area contributed by atoms with Crippen molar-refractivity contribution in [1.29, 1.82) is 0 Å². The number of nitrogens with zero attached hydrogens (tertiary/aromatic N) is 3. The number of rotatable bonds is 5. The van der Waals surface area contributed by atoms with Crippen LogP contribution in [0.4, 0.5) is 0 Å². The van der Waals surface area contributed by atoms with E-state index < -0.39 is 0 Å². The molecule has 28 heavy (non-hydrogen) atoms. The Hall–Kier alpha value is -2.75. The van der Waals surface area contributed by atoms with Crippen molar-refractivity contribution >= 4 is 16.9 Å². The van der Waals surface area contributed by atoms with Crippen LogP contribution in [0.2, 0.25) is 0 Å². The van der Waals surface area contributed by atoms with Gasteiger partial charge in [-0.1, -0.05) is 38.1 Å². The molecule has 1 heterocycles. The molecule has 0 atom stereocenters. The minimum absolute atomic E-state index is 0.0809. The molecule has 3 aromatic rings. The summed E-state index contributed by atoms with van der Waals surface area (Å²) in [4.78, 5) is 24.5. The van der Waals surface area contributed by atoms with Crippen LogP contribution in [0.3, 0.4) is 0 Å². The molecule has 1 aliphatic rings. The van der Waals surface area contributed by atoms with Crippen LogP contribution >= 0.6 is 0 Å². The Bertz CT molecular complexity index is 1020. The maximum absolute atomic E-state index is 13.3. The third-order valence-corrected chi connectivity index (χ3v) is 5.57. The zero-order valence-corrected chi connectivity index (χ0v) is 17.1. The fourth-order valence-corrected chi connectivity index (χ4v) is 3.49. The first-order valence-corrected chi connectivity index (χ1v) is 10.1. The van der Waals surface area contributed by atoms with Crippen molar-refractivity contribution in [2.75, 3.05) is 0 Å². The summed E-state index contributed by atoms with van der Waals surface area (Å²) in [5, 5.41) is 0. The highest BCUT2D eigenvalue weighted by Crippen LogP contribution is 2.30. The smallest absolute Gasteiger partial charge is 0.254 e. The van der Waals surface area contributed by atoms with Crippen LogP contribution in [-0.4, -0.2) is 26.8 Å². The third-order valence-electron chi connectivity index (χ3n) is 5.57. The van der Waals surface area contributed by atoms with E-state index in [1.54, 1.807) is 0 Å². The predicted molar refractivity (Wildman–Crippen MR) is 112 cm³/mol. The Morgan fingerprint density at radius 1 is 1.00 bits per heavy atom. The summed E-state index contributed by atoms with van der Waals surface area (Å²) in [5.74, 6) is 0.596. The fraction of sp³-hybridized carbons (Fsp3) is 0.375. The zero-order valence-electron chi connectivity index (χ0n) is 17.1. The zero-order chi connectivity index (χ0) is 19.8. The quantitative estimate of drug-likeness (QED) is 0.619. The molecule has 1 saturated carbocycles. The molecule has 1 aromatic heterocycles. The molecular weight excluding hydrogens is 346 g/mol. The van der Waals surface area contributed by atoms with Crippen molar-refractivity contribution in [3.05, 3.63) is 70.5 Å². The van der Waals surface area contributed by atoms with Crippen molar-refractivity contribution in [1.82, 2.24) is 14.9 Å². The minimum atomic E-state index is 0.0809. The number of aromatic nitrogens is 2. The molecular formula is C24H27N3O. The van der Waals surface area contributed by atoms with Crippen molar-refractivity contribution in [2.45, 2.75) is 59.0 Å². The SMILES string of the molecule is Cc1nc2ccc(C(=O)N(Cc3ccc(C(C)C)cc3)C3CC3)cc2nc1C. The lowest BCUT2D eigenvalue weighted by Gasteiger charge is -2.23. The maximum Gasteiger partial charge on any atom is 0.254 e. The van der Waals surface area contributed by atoms with Crippen LogP contribution in [0.25, 0.3) is 11.0 Å². The van der Waals surface area contributed by atoms with Gasteiger partial charge >= 0.3 is 0 Å². The van der Waals surface area contributed by atoms with Gasteiger partial charge in [0.05, 0.1) is 22.4 Å². The van der Waals surface area contributed by atoms with Gasteiger partial charge < -0.3 is 4.90 Å². The largest absolute Gasteiger partial charge is 0.331 e. The molecule has 2 aromatic carbocycles. The van der Waals surface area contributed by atoms with E-state index in [0.717, 1.165) is 35.3 Å². The van der Waals surface area contributed by atoms with Gasteiger partial charge in [-0.2, -0.15) is 0 Å². The number of carbonyl (C=O) groups excluding carboxylic acids is 1. The van der Waals surface area contributed by atoms with Crippen LogP contribution in [0.5, 0.6) is 0 Å². The highest BCUT2D eigenvalue weighted by Gasteiger charge is 2.33. The molecule has 4 nitrogen and oxygen atoms in total. The fourth-order valence-electron chi connectivity index (χ4n) is 3.49.